The fourth-order valence-corrected chi connectivity index (χ4v) is 2.47. The molecule has 0 radical (unpaired) electrons. The van der Waals surface area contributed by atoms with Crippen LogP contribution in [0.2, 0.25) is 0 Å². The second-order valence-corrected chi connectivity index (χ2v) is 5.93. The smallest absolute Gasteiger partial charge is 0.406 e. The average molecular weight is 400 g/mol. The van der Waals surface area contributed by atoms with Gasteiger partial charge in [0.05, 0.1) is 0 Å². The van der Waals surface area contributed by atoms with E-state index in [0.29, 0.717) is 11.3 Å². The normalized spacial score (nSPS) is 10.9. The van der Waals surface area contributed by atoms with Gasteiger partial charge in [0.25, 0.3) is 11.8 Å². The molecular weight excluding hydrogens is 385 g/mol. The van der Waals surface area contributed by atoms with Crippen LogP contribution in [0, 0.1) is 0 Å². The number of rotatable bonds is 5. The Balaban J connectivity index is 1.63. The Labute approximate surface area is 164 Å². The van der Waals surface area contributed by atoms with Crippen molar-refractivity contribution in [2.75, 3.05) is 10.6 Å². The summed E-state index contributed by atoms with van der Waals surface area (Å²) in [7, 11) is 0. The van der Waals surface area contributed by atoms with Crippen molar-refractivity contribution in [2.24, 2.45) is 0 Å². The number of anilines is 2. The second kappa shape index (κ2) is 8.47. The van der Waals surface area contributed by atoms with E-state index >= 15 is 0 Å². The van der Waals surface area contributed by atoms with E-state index in [9.17, 15) is 22.8 Å². The molecule has 29 heavy (non-hydrogen) atoms. The molecule has 0 aliphatic carbocycles. The van der Waals surface area contributed by atoms with Crippen molar-refractivity contribution in [3.8, 4) is 5.75 Å². The number of halogens is 3. The van der Waals surface area contributed by atoms with Gasteiger partial charge in [0.1, 0.15) is 5.75 Å². The second-order valence-electron chi connectivity index (χ2n) is 5.93. The Morgan fingerprint density at radius 1 is 0.690 bits per heavy atom. The summed E-state index contributed by atoms with van der Waals surface area (Å²) in [6.45, 7) is 0. The monoisotopic (exact) mass is 400 g/mol. The summed E-state index contributed by atoms with van der Waals surface area (Å²) in [4.78, 5) is 24.4. The molecule has 0 saturated heterocycles. The molecule has 0 aliphatic rings. The highest BCUT2D eigenvalue weighted by Crippen LogP contribution is 2.25. The number of carbonyl (C=O) groups excluding carboxylic acids is 2. The van der Waals surface area contributed by atoms with Crippen molar-refractivity contribution in [3.05, 3.63) is 90.0 Å². The quantitative estimate of drug-likeness (QED) is 0.627. The molecule has 0 aromatic heterocycles. The van der Waals surface area contributed by atoms with Gasteiger partial charge in [-0.1, -0.05) is 24.3 Å². The molecule has 0 atom stereocenters. The molecule has 0 bridgehead atoms. The zero-order valence-electron chi connectivity index (χ0n) is 14.9. The minimum atomic E-state index is -4.82. The zero-order chi connectivity index (χ0) is 20.9. The number of benzene rings is 3. The molecule has 2 N–H and O–H groups in total. The Morgan fingerprint density at radius 3 is 1.90 bits per heavy atom. The minimum Gasteiger partial charge on any atom is -0.406 e. The van der Waals surface area contributed by atoms with E-state index in [1.54, 1.807) is 42.5 Å². The van der Waals surface area contributed by atoms with Crippen LogP contribution in [0.3, 0.4) is 0 Å². The largest absolute Gasteiger partial charge is 0.573 e. The van der Waals surface area contributed by atoms with Gasteiger partial charge in [-0.25, -0.2) is 0 Å². The van der Waals surface area contributed by atoms with Crippen LogP contribution in [0.1, 0.15) is 20.7 Å². The zero-order valence-corrected chi connectivity index (χ0v) is 14.9. The first kappa shape index (κ1) is 19.9. The minimum absolute atomic E-state index is 0.151. The van der Waals surface area contributed by atoms with Crippen LogP contribution in [0.15, 0.2) is 78.9 Å². The van der Waals surface area contributed by atoms with Crippen LogP contribution >= 0.6 is 0 Å². The lowest BCUT2D eigenvalue weighted by molar-refractivity contribution is -0.274. The van der Waals surface area contributed by atoms with Crippen LogP contribution in [-0.4, -0.2) is 18.2 Å². The van der Waals surface area contributed by atoms with E-state index in [4.69, 9.17) is 0 Å². The molecule has 0 saturated carbocycles. The van der Waals surface area contributed by atoms with E-state index in [0.717, 1.165) is 12.1 Å². The molecular formula is C21H15F3N2O3. The third-order valence-corrected chi connectivity index (χ3v) is 3.77. The molecule has 0 fully saturated rings. The molecule has 0 unspecified atom stereocenters. The molecule has 0 aliphatic heterocycles. The standard InChI is InChI=1S/C21H15F3N2O3/c22-21(23,24)29-18-8-4-7-17(13-18)26-20(28)15-9-11-16(12-10-15)25-19(27)14-5-2-1-3-6-14/h1-13H,(H,25,27)(H,26,28). The summed E-state index contributed by atoms with van der Waals surface area (Å²) < 4.78 is 40.7. The summed E-state index contributed by atoms with van der Waals surface area (Å²) >= 11 is 0. The maximum absolute atomic E-state index is 12.3. The first-order valence-corrected chi connectivity index (χ1v) is 8.44. The lowest BCUT2D eigenvalue weighted by atomic mass is 10.1. The third kappa shape index (κ3) is 5.83. The molecule has 8 heteroatoms. The van der Waals surface area contributed by atoms with Crippen LogP contribution in [0.4, 0.5) is 24.5 Å². The first-order valence-electron chi connectivity index (χ1n) is 8.44. The van der Waals surface area contributed by atoms with Gasteiger partial charge in [0.15, 0.2) is 0 Å². The predicted octanol–water partition coefficient (Wildman–Crippen LogP) is 5.09. The number of hydrogen-bond acceptors (Lipinski definition) is 3. The van der Waals surface area contributed by atoms with Crippen LogP contribution in [-0.2, 0) is 0 Å². The van der Waals surface area contributed by atoms with Gasteiger partial charge in [0.2, 0.25) is 0 Å². The first-order chi connectivity index (χ1) is 13.8. The van der Waals surface area contributed by atoms with Crippen molar-refractivity contribution < 1.29 is 27.5 Å². The Kier molecular flexibility index (Phi) is 5.82. The number of alkyl halides is 3. The van der Waals surface area contributed by atoms with Gasteiger partial charge in [0, 0.05) is 28.6 Å². The van der Waals surface area contributed by atoms with Gasteiger partial charge < -0.3 is 15.4 Å². The summed E-state index contributed by atoms with van der Waals surface area (Å²) in [5.74, 6) is -1.24. The maximum atomic E-state index is 12.3. The van der Waals surface area contributed by atoms with Gasteiger partial charge >= 0.3 is 6.36 Å². The van der Waals surface area contributed by atoms with Gasteiger partial charge in [-0.3, -0.25) is 9.59 Å². The molecule has 0 heterocycles. The Bertz CT molecular complexity index is 1000. The topological polar surface area (TPSA) is 67.4 Å². The summed E-state index contributed by atoms with van der Waals surface area (Å²) in [6.07, 6.45) is -4.82. The SMILES string of the molecule is O=C(Nc1ccc(C(=O)Nc2cccc(OC(F)(F)F)c2)cc1)c1ccccc1. The van der Waals surface area contributed by atoms with Crippen molar-refractivity contribution >= 4 is 23.2 Å². The van der Waals surface area contributed by atoms with Crippen molar-refractivity contribution in [1.82, 2.24) is 0 Å². The number of nitrogens with one attached hydrogen (secondary N) is 2. The molecule has 2 amide bonds. The van der Waals surface area contributed by atoms with Crippen molar-refractivity contribution in [2.45, 2.75) is 6.36 Å². The molecule has 148 valence electrons. The summed E-state index contributed by atoms with van der Waals surface area (Å²) in [5.41, 5.74) is 1.41. The van der Waals surface area contributed by atoms with Gasteiger partial charge in [-0.05, 0) is 48.5 Å². The molecule has 0 spiro atoms. The Hall–Kier alpha value is -3.81. The lowest BCUT2D eigenvalue weighted by Gasteiger charge is -2.11. The van der Waals surface area contributed by atoms with Crippen molar-refractivity contribution in [3.63, 3.8) is 0 Å². The fourth-order valence-electron chi connectivity index (χ4n) is 2.47. The van der Waals surface area contributed by atoms with Crippen LogP contribution in [0.5, 0.6) is 5.75 Å². The van der Waals surface area contributed by atoms with Crippen molar-refractivity contribution in [1.29, 1.82) is 0 Å². The lowest BCUT2D eigenvalue weighted by Crippen LogP contribution is -2.17. The Morgan fingerprint density at radius 2 is 1.28 bits per heavy atom. The third-order valence-electron chi connectivity index (χ3n) is 3.77. The van der Waals surface area contributed by atoms with Gasteiger partial charge in [-0.2, -0.15) is 0 Å². The highest BCUT2D eigenvalue weighted by molar-refractivity contribution is 6.06. The molecule has 3 rings (SSSR count). The van der Waals surface area contributed by atoms with E-state index in [1.807, 2.05) is 0 Å². The fraction of sp³-hybridized carbons (Fsp3) is 0.0476. The highest BCUT2D eigenvalue weighted by atomic mass is 19.4. The molecule has 3 aromatic carbocycles. The van der Waals surface area contributed by atoms with E-state index in [-0.39, 0.29) is 17.2 Å². The highest BCUT2D eigenvalue weighted by Gasteiger charge is 2.31. The number of amides is 2. The predicted molar refractivity (Wildman–Crippen MR) is 102 cm³/mol. The van der Waals surface area contributed by atoms with Gasteiger partial charge in [-0.15, -0.1) is 13.2 Å². The molecule has 3 aromatic rings. The summed E-state index contributed by atoms with van der Waals surface area (Å²) in [6, 6.07) is 19.7. The van der Waals surface area contributed by atoms with E-state index in [1.165, 1.54) is 24.3 Å². The van der Waals surface area contributed by atoms with E-state index in [2.05, 4.69) is 15.4 Å². The van der Waals surface area contributed by atoms with E-state index < -0.39 is 18.0 Å². The number of hydrogen-bond donors (Lipinski definition) is 2. The summed E-state index contributed by atoms with van der Waals surface area (Å²) in [5, 5.41) is 5.21. The number of carbonyl (C=O) groups is 2. The number of ether oxygens (including phenoxy) is 1. The maximum Gasteiger partial charge on any atom is 0.573 e. The van der Waals surface area contributed by atoms with Crippen LogP contribution < -0.4 is 15.4 Å². The molecule has 5 nitrogen and oxygen atoms in total. The van der Waals surface area contributed by atoms with Crippen LogP contribution in [0.25, 0.3) is 0 Å². The average Bonchev–Trinajstić information content (AvgIpc) is 2.68.